The summed E-state index contributed by atoms with van der Waals surface area (Å²) in [5.74, 6) is 2.89. The Hall–Kier alpha value is 0.700. The van der Waals surface area contributed by atoms with E-state index in [0.717, 1.165) is 0 Å². The van der Waals surface area contributed by atoms with Crippen LogP contribution in [0.4, 0.5) is 0 Å². The van der Waals surface area contributed by atoms with Gasteiger partial charge in [0.15, 0.2) is 0 Å². The summed E-state index contributed by atoms with van der Waals surface area (Å²) >= 11 is 0. The minimum atomic E-state index is 0.673. The van der Waals surface area contributed by atoms with Crippen molar-refractivity contribution in [1.82, 2.24) is 0 Å². The monoisotopic (exact) mass is 194 g/mol. The third kappa shape index (κ3) is 10.7. The molecule has 68 valence electrons. The number of unbranched alkanes of at least 4 members (excludes halogenated alkanes) is 2. The second-order valence-electron chi connectivity index (χ2n) is 3.44. The van der Waals surface area contributed by atoms with Crippen LogP contribution in [0.1, 0.15) is 19.3 Å². The van der Waals surface area contributed by atoms with Crippen molar-refractivity contribution < 1.29 is 0 Å². The molecule has 0 aromatic carbocycles. The maximum absolute atomic E-state index is 2.34. The van der Waals surface area contributed by atoms with Gasteiger partial charge >= 0.3 is 0 Å². The molecule has 0 aliphatic rings. The minimum Gasteiger partial charge on any atom is -0.0444 e. The van der Waals surface area contributed by atoms with E-state index < -0.39 is 0 Å². The van der Waals surface area contributed by atoms with Crippen LogP contribution in [-0.4, -0.2) is 36.5 Å². The number of hydrogen-bond donors (Lipinski definition) is 0. The van der Waals surface area contributed by atoms with E-state index in [0.29, 0.717) is 21.8 Å². The molecule has 0 radical (unpaired) electrons. The SMILES string of the molecule is C[S+](C)CCCCC[S+](C)C. The molecule has 0 aliphatic carbocycles. The van der Waals surface area contributed by atoms with Gasteiger partial charge in [0.1, 0.15) is 11.5 Å². The van der Waals surface area contributed by atoms with Crippen molar-refractivity contribution in [2.45, 2.75) is 19.3 Å². The fourth-order valence-corrected chi connectivity index (χ4v) is 2.52. The molecule has 0 aliphatic heterocycles. The van der Waals surface area contributed by atoms with Gasteiger partial charge in [0.05, 0.1) is 25.0 Å². The van der Waals surface area contributed by atoms with Gasteiger partial charge in [-0.05, 0) is 41.1 Å². The molecular weight excluding hydrogens is 172 g/mol. The zero-order valence-electron chi connectivity index (χ0n) is 8.35. The second kappa shape index (κ2) is 7.35. The Morgan fingerprint density at radius 2 is 1.00 bits per heavy atom. The molecule has 2 heteroatoms. The highest BCUT2D eigenvalue weighted by atomic mass is 32.2. The Bertz CT molecular complexity index is 69.6. The molecule has 0 heterocycles. The summed E-state index contributed by atoms with van der Waals surface area (Å²) in [6.45, 7) is 0. The summed E-state index contributed by atoms with van der Waals surface area (Å²) in [4.78, 5) is 0. The van der Waals surface area contributed by atoms with Crippen molar-refractivity contribution in [2.24, 2.45) is 0 Å². The topological polar surface area (TPSA) is 0 Å². The van der Waals surface area contributed by atoms with Gasteiger partial charge in [-0.15, -0.1) is 0 Å². The molecule has 0 nitrogen and oxygen atoms in total. The third-order valence-corrected chi connectivity index (χ3v) is 3.82. The van der Waals surface area contributed by atoms with Crippen molar-refractivity contribution in [3.8, 4) is 0 Å². The van der Waals surface area contributed by atoms with E-state index in [4.69, 9.17) is 0 Å². The molecule has 0 spiro atoms. The smallest absolute Gasteiger partial charge is 0.0444 e. The van der Waals surface area contributed by atoms with Gasteiger partial charge in [-0.2, -0.15) is 0 Å². The molecule has 0 saturated heterocycles. The predicted molar refractivity (Wildman–Crippen MR) is 62.0 cm³/mol. The first-order valence-electron chi connectivity index (χ1n) is 4.21. The molecule has 0 aromatic heterocycles. The third-order valence-electron chi connectivity index (χ3n) is 1.61. The van der Waals surface area contributed by atoms with E-state index in [9.17, 15) is 0 Å². The summed E-state index contributed by atoms with van der Waals surface area (Å²) in [7, 11) is 1.35. The van der Waals surface area contributed by atoms with E-state index in [-0.39, 0.29) is 0 Å². The predicted octanol–water partition coefficient (Wildman–Crippen LogP) is 1.91. The van der Waals surface area contributed by atoms with Crippen molar-refractivity contribution in [3.63, 3.8) is 0 Å². The lowest BCUT2D eigenvalue weighted by molar-refractivity contribution is 0.783. The van der Waals surface area contributed by atoms with Gasteiger partial charge in [-0.3, -0.25) is 0 Å². The summed E-state index contributed by atoms with van der Waals surface area (Å²) in [5.41, 5.74) is 0. The Morgan fingerprint density at radius 1 is 0.636 bits per heavy atom. The molecule has 0 aromatic rings. The molecule has 0 rings (SSSR count). The Balaban J connectivity index is 2.91. The fraction of sp³-hybridized carbons (Fsp3) is 1.00. The van der Waals surface area contributed by atoms with Crippen LogP contribution in [0.3, 0.4) is 0 Å². The van der Waals surface area contributed by atoms with Crippen LogP contribution in [0.25, 0.3) is 0 Å². The average molecular weight is 194 g/mol. The lowest BCUT2D eigenvalue weighted by Crippen LogP contribution is -2.04. The van der Waals surface area contributed by atoms with Crippen molar-refractivity contribution in [3.05, 3.63) is 0 Å². The van der Waals surface area contributed by atoms with Gasteiger partial charge in [-0.1, -0.05) is 0 Å². The lowest BCUT2D eigenvalue weighted by Gasteiger charge is -1.97. The first-order valence-corrected chi connectivity index (χ1v) is 8.63. The lowest BCUT2D eigenvalue weighted by atomic mass is 10.3. The average Bonchev–Trinajstić information content (AvgIpc) is 1.85. The highest BCUT2D eigenvalue weighted by molar-refractivity contribution is 7.95. The molecule has 0 fully saturated rings. The van der Waals surface area contributed by atoms with Crippen LogP contribution in [-0.2, 0) is 21.8 Å². The van der Waals surface area contributed by atoms with Gasteiger partial charge in [-0.25, -0.2) is 0 Å². The second-order valence-corrected chi connectivity index (χ2v) is 8.20. The van der Waals surface area contributed by atoms with Gasteiger partial charge in [0, 0.05) is 0 Å². The van der Waals surface area contributed by atoms with E-state index in [1.807, 2.05) is 0 Å². The summed E-state index contributed by atoms with van der Waals surface area (Å²) < 4.78 is 0. The molecule has 0 atom stereocenters. The largest absolute Gasteiger partial charge is 0.107 e. The van der Waals surface area contributed by atoms with Crippen LogP contribution in [0.2, 0.25) is 0 Å². The van der Waals surface area contributed by atoms with Crippen LogP contribution >= 0.6 is 0 Å². The number of hydrogen-bond acceptors (Lipinski definition) is 0. The minimum absolute atomic E-state index is 0.673. The van der Waals surface area contributed by atoms with E-state index in [1.54, 1.807) is 0 Å². The molecule has 0 N–H and O–H groups in total. The van der Waals surface area contributed by atoms with E-state index >= 15 is 0 Å². The Labute approximate surface area is 77.8 Å². The molecular formula is C9H22S2+2. The first-order chi connectivity index (χ1) is 5.13. The Morgan fingerprint density at radius 3 is 1.27 bits per heavy atom. The van der Waals surface area contributed by atoms with E-state index in [2.05, 4.69) is 25.0 Å². The highest BCUT2D eigenvalue weighted by Crippen LogP contribution is 2.01. The molecule has 0 amide bonds. The van der Waals surface area contributed by atoms with Crippen molar-refractivity contribution in [2.75, 3.05) is 36.5 Å². The highest BCUT2D eigenvalue weighted by Gasteiger charge is 2.04. The summed E-state index contributed by atoms with van der Waals surface area (Å²) in [5, 5.41) is 0. The molecule has 11 heavy (non-hydrogen) atoms. The normalized spacial score (nSPS) is 11.5. The van der Waals surface area contributed by atoms with Crippen molar-refractivity contribution >= 4 is 21.8 Å². The van der Waals surface area contributed by atoms with Crippen LogP contribution in [0.5, 0.6) is 0 Å². The van der Waals surface area contributed by atoms with Gasteiger partial charge in [0.2, 0.25) is 0 Å². The standard InChI is InChI=1S/C9H22S2/c1-10(2)8-6-5-7-9-11(3)4/h5-9H2,1-4H3/q+2. The zero-order valence-corrected chi connectivity index (χ0v) is 9.99. The van der Waals surface area contributed by atoms with Crippen LogP contribution in [0, 0.1) is 0 Å². The van der Waals surface area contributed by atoms with Crippen LogP contribution in [0.15, 0.2) is 0 Å². The maximum atomic E-state index is 2.34. The van der Waals surface area contributed by atoms with Crippen molar-refractivity contribution in [1.29, 1.82) is 0 Å². The first kappa shape index (κ1) is 11.7. The number of rotatable bonds is 6. The zero-order chi connectivity index (χ0) is 8.69. The van der Waals surface area contributed by atoms with E-state index in [1.165, 1.54) is 30.8 Å². The van der Waals surface area contributed by atoms with Gasteiger partial charge < -0.3 is 0 Å². The fourth-order valence-electron chi connectivity index (χ4n) is 0.958. The Kier molecular flexibility index (Phi) is 7.82. The molecule has 0 saturated carbocycles. The maximum Gasteiger partial charge on any atom is 0.107 e. The summed E-state index contributed by atoms with van der Waals surface area (Å²) in [6, 6.07) is 0. The van der Waals surface area contributed by atoms with Crippen LogP contribution < -0.4 is 0 Å². The molecule has 0 bridgehead atoms. The quantitative estimate of drug-likeness (QED) is 0.448. The van der Waals surface area contributed by atoms with Gasteiger partial charge in [0.25, 0.3) is 0 Å². The summed E-state index contributed by atoms with van der Waals surface area (Å²) in [6.07, 6.45) is 13.7. The molecule has 0 unspecified atom stereocenters.